The fourth-order valence-electron chi connectivity index (χ4n) is 0.409. The first kappa shape index (κ1) is 14.0. The fraction of sp³-hybridized carbons (Fsp3) is 1.00. The molecule has 0 aromatic rings. The molecule has 56 valence electrons. The molecule has 0 aromatic heterocycles. The summed E-state index contributed by atoms with van der Waals surface area (Å²) >= 11 is 4.56. The molecule has 0 heterocycles. The summed E-state index contributed by atoms with van der Waals surface area (Å²) in [7, 11) is 0. The van der Waals surface area contributed by atoms with E-state index in [2.05, 4.69) is 17.3 Å². The van der Waals surface area contributed by atoms with E-state index in [0.717, 1.165) is 0 Å². The zero-order chi connectivity index (χ0) is 7.33. The zero-order valence-corrected chi connectivity index (χ0v) is 10.3. The summed E-state index contributed by atoms with van der Waals surface area (Å²) in [6.07, 6.45) is 0. The molecule has 0 fully saturated rings. The standard InChI is InChI=1S/C4H12NO2PS.Na/c1-3-5-8(6,9)7-4-2;/h3-4H2,1-2H3,(H2,5,6,9);/q;+1/p-1. The topological polar surface area (TPSA) is 38.3 Å². The fourth-order valence-corrected chi connectivity index (χ4v) is 1.93. The molecule has 0 aromatic carbocycles. The van der Waals surface area contributed by atoms with Crippen LogP contribution < -0.4 is 34.6 Å². The third-order valence-corrected chi connectivity index (χ3v) is 2.66. The Kier molecular flexibility index (Phi) is 10.1. The van der Waals surface area contributed by atoms with E-state index in [-0.39, 0.29) is 29.6 Å². The van der Waals surface area contributed by atoms with E-state index >= 15 is 0 Å². The normalized spacial score (nSPS) is 15.5. The van der Waals surface area contributed by atoms with Gasteiger partial charge in [0.15, 0.2) is 0 Å². The number of hydrogen-bond acceptors (Lipinski definition) is 3. The van der Waals surface area contributed by atoms with Crippen molar-refractivity contribution >= 4 is 19.0 Å². The predicted molar refractivity (Wildman–Crippen MR) is 40.3 cm³/mol. The van der Waals surface area contributed by atoms with Gasteiger partial charge in [-0.15, -0.1) is 0 Å². The maximum Gasteiger partial charge on any atom is 1.00 e. The molecule has 0 spiro atoms. The molecule has 10 heavy (non-hydrogen) atoms. The molecule has 0 saturated heterocycles. The van der Waals surface area contributed by atoms with Gasteiger partial charge in [0.25, 0.3) is 0 Å². The second-order valence-electron chi connectivity index (χ2n) is 1.43. The van der Waals surface area contributed by atoms with Crippen LogP contribution in [0.2, 0.25) is 0 Å². The van der Waals surface area contributed by atoms with Gasteiger partial charge in [0.05, 0.1) is 6.61 Å². The third kappa shape index (κ3) is 7.61. The second kappa shape index (κ2) is 7.17. The van der Waals surface area contributed by atoms with Crippen LogP contribution in [0.25, 0.3) is 0 Å². The maximum absolute atomic E-state index is 10.9. The van der Waals surface area contributed by atoms with Crippen molar-refractivity contribution in [1.29, 1.82) is 0 Å². The van der Waals surface area contributed by atoms with E-state index in [4.69, 9.17) is 4.52 Å². The molecule has 1 N–H and O–H groups in total. The second-order valence-corrected chi connectivity index (χ2v) is 4.44. The molecule has 0 saturated carbocycles. The molecule has 0 amide bonds. The van der Waals surface area contributed by atoms with Crippen LogP contribution in [0.3, 0.4) is 0 Å². The Bertz CT molecular complexity index is 114. The van der Waals surface area contributed by atoms with E-state index in [1.54, 1.807) is 6.92 Å². The Morgan fingerprint density at radius 1 is 1.60 bits per heavy atom. The third-order valence-electron chi connectivity index (χ3n) is 0.651. The van der Waals surface area contributed by atoms with Crippen molar-refractivity contribution in [2.45, 2.75) is 13.8 Å². The molecule has 1 atom stereocenters. The van der Waals surface area contributed by atoms with Crippen LogP contribution in [-0.4, -0.2) is 13.2 Å². The summed E-state index contributed by atoms with van der Waals surface area (Å²) < 4.78 is 15.6. The Hall–Kier alpha value is 1.50. The number of nitrogens with one attached hydrogen (secondary N) is 1. The molecular weight excluding hydrogens is 180 g/mol. The average molecular weight is 191 g/mol. The minimum Gasteiger partial charge on any atom is -0.673 e. The minimum absolute atomic E-state index is 0. The van der Waals surface area contributed by atoms with E-state index in [9.17, 15) is 4.57 Å². The summed E-state index contributed by atoms with van der Waals surface area (Å²) in [4.78, 5) is 0. The van der Waals surface area contributed by atoms with E-state index < -0.39 is 6.72 Å². The van der Waals surface area contributed by atoms with Crippen LogP contribution in [0.15, 0.2) is 0 Å². The quantitative estimate of drug-likeness (QED) is 0.326. The van der Waals surface area contributed by atoms with Gasteiger partial charge in [0, 0.05) is 0 Å². The first-order chi connectivity index (χ1) is 4.12. The van der Waals surface area contributed by atoms with Gasteiger partial charge in [-0.05, 0) is 13.5 Å². The summed E-state index contributed by atoms with van der Waals surface area (Å²) in [6.45, 7) is 1.71. The van der Waals surface area contributed by atoms with Crippen LogP contribution in [-0.2, 0) is 21.3 Å². The van der Waals surface area contributed by atoms with Crippen molar-refractivity contribution < 1.29 is 38.6 Å². The van der Waals surface area contributed by atoms with E-state index in [1.165, 1.54) is 0 Å². The van der Waals surface area contributed by atoms with Gasteiger partial charge < -0.3 is 21.3 Å². The Morgan fingerprint density at radius 2 is 2.10 bits per heavy atom. The summed E-state index contributed by atoms with van der Waals surface area (Å²) in [6, 6.07) is 0. The molecule has 0 rings (SSSR count). The van der Waals surface area contributed by atoms with Gasteiger partial charge in [-0.1, -0.05) is 6.92 Å². The van der Waals surface area contributed by atoms with Crippen molar-refractivity contribution in [2.24, 2.45) is 0 Å². The summed E-state index contributed by atoms with van der Waals surface area (Å²) in [5.41, 5.74) is 0. The van der Waals surface area contributed by atoms with E-state index in [1.807, 2.05) is 6.92 Å². The molecule has 0 bridgehead atoms. The summed E-state index contributed by atoms with van der Waals surface area (Å²) in [5.74, 6) is 0. The molecule has 1 unspecified atom stereocenters. The van der Waals surface area contributed by atoms with Gasteiger partial charge in [-0.2, -0.15) is 0 Å². The minimum atomic E-state index is -2.86. The van der Waals surface area contributed by atoms with E-state index in [0.29, 0.717) is 13.2 Å². The predicted octanol–water partition coefficient (Wildman–Crippen LogP) is -1.71. The molecular formula is C4H11NNaO2PS. The molecule has 3 nitrogen and oxygen atoms in total. The molecule has 0 aliphatic carbocycles. The maximum atomic E-state index is 10.9. The van der Waals surface area contributed by atoms with Crippen LogP contribution >= 0.6 is 6.72 Å². The van der Waals surface area contributed by atoms with Crippen molar-refractivity contribution in [1.82, 2.24) is 5.09 Å². The Morgan fingerprint density at radius 3 is 2.40 bits per heavy atom. The van der Waals surface area contributed by atoms with Crippen molar-refractivity contribution in [3.8, 4) is 0 Å². The Balaban J connectivity index is 0. The van der Waals surface area contributed by atoms with Gasteiger partial charge in [-0.3, -0.25) is 5.09 Å². The number of rotatable bonds is 4. The SMILES string of the molecule is CCNP(=O)([S-])OCC.[Na+]. The first-order valence-corrected chi connectivity index (χ1v) is 5.47. The summed E-state index contributed by atoms with van der Waals surface area (Å²) in [5, 5.41) is 2.57. The van der Waals surface area contributed by atoms with Crippen molar-refractivity contribution in [2.75, 3.05) is 13.2 Å². The van der Waals surface area contributed by atoms with Crippen LogP contribution in [0.1, 0.15) is 13.8 Å². The zero-order valence-electron chi connectivity index (χ0n) is 6.59. The average Bonchev–Trinajstić information content (AvgIpc) is 1.64. The van der Waals surface area contributed by atoms with Gasteiger partial charge in [0.1, 0.15) is 6.72 Å². The van der Waals surface area contributed by atoms with Crippen molar-refractivity contribution in [3.05, 3.63) is 0 Å². The largest absolute Gasteiger partial charge is 1.00 e. The van der Waals surface area contributed by atoms with Crippen LogP contribution in [0, 0.1) is 0 Å². The smallest absolute Gasteiger partial charge is 0.673 e. The molecule has 0 aliphatic rings. The van der Waals surface area contributed by atoms with Crippen LogP contribution in [0.5, 0.6) is 0 Å². The molecule has 6 heteroatoms. The van der Waals surface area contributed by atoms with Crippen molar-refractivity contribution in [3.63, 3.8) is 0 Å². The van der Waals surface area contributed by atoms with Gasteiger partial charge >= 0.3 is 29.6 Å². The molecule has 0 aliphatic heterocycles. The van der Waals surface area contributed by atoms with Gasteiger partial charge in [-0.25, -0.2) is 0 Å². The van der Waals surface area contributed by atoms with Crippen LogP contribution in [0.4, 0.5) is 0 Å². The first-order valence-electron chi connectivity index (χ1n) is 2.83. The molecule has 0 radical (unpaired) electrons. The number of hydrogen-bond donors (Lipinski definition) is 1. The monoisotopic (exact) mass is 191 g/mol. The van der Waals surface area contributed by atoms with Gasteiger partial charge in [0.2, 0.25) is 0 Å². The Labute approximate surface area is 89.2 Å².